The summed E-state index contributed by atoms with van der Waals surface area (Å²) in [6, 6.07) is 0.249. The van der Waals surface area contributed by atoms with Gasteiger partial charge in [0, 0.05) is 13.1 Å². The Morgan fingerprint density at radius 3 is 2.56 bits per heavy atom. The molecule has 7 heteroatoms. The van der Waals surface area contributed by atoms with Gasteiger partial charge in [-0.2, -0.15) is 15.0 Å². The van der Waals surface area contributed by atoms with Crippen molar-refractivity contribution in [2.45, 2.75) is 38.9 Å². The molecule has 1 saturated heterocycles. The smallest absolute Gasteiger partial charge is 0.323 e. The minimum absolute atomic E-state index is 0.0113. The Labute approximate surface area is 106 Å². The molecule has 100 valence electrons. The first-order valence-corrected chi connectivity index (χ1v) is 6.16. The summed E-state index contributed by atoms with van der Waals surface area (Å²) >= 11 is 0. The highest BCUT2D eigenvalue weighted by Crippen LogP contribution is 2.19. The van der Waals surface area contributed by atoms with Gasteiger partial charge in [-0.25, -0.2) is 0 Å². The number of piperidine rings is 1. The molecule has 0 atom stereocenters. The maximum Gasteiger partial charge on any atom is 0.323 e. The molecule has 0 unspecified atom stereocenters. The maximum absolute atomic E-state index is 9.47. The van der Waals surface area contributed by atoms with Crippen LogP contribution in [0.5, 0.6) is 6.01 Å². The van der Waals surface area contributed by atoms with E-state index in [-0.39, 0.29) is 24.2 Å². The normalized spacial score (nSPS) is 17.2. The predicted molar refractivity (Wildman–Crippen MR) is 67.5 cm³/mol. The number of anilines is 2. The molecule has 0 spiro atoms. The highest BCUT2D eigenvalue weighted by Gasteiger charge is 2.20. The zero-order valence-corrected chi connectivity index (χ0v) is 10.7. The third kappa shape index (κ3) is 3.19. The van der Waals surface area contributed by atoms with Crippen LogP contribution in [-0.2, 0) is 0 Å². The molecule has 18 heavy (non-hydrogen) atoms. The van der Waals surface area contributed by atoms with Gasteiger partial charge in [0.25, 0.3) is 0 Å². The minimum Gasteiger partial charge on any atom is -0.461 e. The van der Waals surface area contributed by atoms with Crippen molar-refractivity contribution in [3.8, 4) is 6.01 Å². The Hall–Kier alpha value is -1.63. The Morgan fingerprint density at radius 1 is 1.28 bits per heavy atom. The number of nitrogens with two attached hydrogens (primary N) is 1. The lowest BCUT2D eigenvalue weighted by atomic mass is 10.1. The highest BCUT2D eigenvalue weighted by atomic mass is 16.5. The first-order chi connectivity index (χ1) is 8.54. The minimum atomic E-state index is -0.230. The first kappa shape index (κ1) is 12.8. The molecule has 0 saturated carbocycles. The van der Waals surface area contributed by atoms with Crippen LogP contribution in [0.4, 0.5) is 11.9 Å². The molecule has 2 heterocycles. The summed E-state index contributed by atoms with van der Waals surface area (Å²) in [5.74, 6) is 0.673. The molecule has 1 fully saturated rings. The van der Waals surface area contributed by atoms with E-state index in [0.717, 1.165) is 0 Å². The van der Waals surface area contributed by atoms with E-state index in [1.807, 2.05) is 18.7 Å². The van der Waals surface area contributed by atoms with Gasteiger partial charge in [-0.3, -0.25) is 0 Å². The van der Waals surface area contributed by atoms with Gasteiger partial charge in [-0.15, -0.1) is 0 Å². The number of nitrogens with zero attached hydrogens (tertiary/aromatic N) is 4. The molecule has 1 aromatic heterocycles. The van der Waals surface area contributed by atoms with Crippen LogP contribution in [0.15, 0.2) is 0 Å². The molecule has 0 amide bonds. The van der Waals surface area contributed by atoms with Crippen molar-refractivity contribution in [3.05, 3.63) is 0 Å². The van der Waals surface area contributed by atoms with Crippen molar-refractivity contribution >= 4 is 11.9 Å². The summed E-state index contributed by atoms with van der Waals surface area (Å²) in [5, 5.41) is 9.47. The van der Waals surface area contributed by atoms with E-state index >= 15 is 0 Å². The monoisotopic (exact) mass is 253 g/mol. The molecule has 0 aliphatic carbocycles. The summed E-state index contributed by atoms with van der Waals surface area (Å²) in [6.45, 7) is 5.23. The van der Waals surface area contributed by atoms with Crippen LogP contribution in [0.2, 0.25) is 0 Å². The van der Waals surface area contributed by atoms with Gasteiger partial charge in [0.1, 0.15) is 0 Å². The average Bonchev–Trinajstić information content (AvgIpc) is 2.28. The van der Waals surface area contributed by atoms with Crippen LogP contribution in [0.1, 0.15) is 26.7 Å². The topological polar surface area (TPSA) is 97.4 Å². The van der Waals surface area contributed by atoms with Gasteiger partial charge in [0.15, 0.2) is 0 Å². The Kier molecular flexibility index (Phi) is 3.81. The Morgan fingerprint density at radius 2 is 1.94 bits per heavy atom. The summed E-state index contributed by atoms with van der Waals surface area (Å²) in [5.41, 5.74) is 5.65. The van der Waals surface area contributed by atoms with Crippen molar-refractivity contribution < 1.29 is 9.84 Å². The number of aliphatic hydroxyl groups excluding tert-OH is 1. The van der Waals surface area contributed by atoms with E-state index in [2.05, 4.69) is 15.0 Å². The molecular formula is C11H19N5O2. The lowest BCUT2D eigenvalue weighted by Crippen LogP contribution is -2.37. The molecular weight excluding hydrogens is 234 g/mol. The molecule has 3 N–H and O–H groups in total. The van der Waals surface area contributed by atoms with E-state index in [9.17, 15) is 5.11 Å². The lowest BCUT2D eigenvalue weighted by Gasteiger charge is -2.29. The van der Waals surface area contributed by atoms with Crippen LogP contribution in [-0.4, -0.2) is 45.4 Å². The lowest BCUT2D eigenvalue weighted by molar-refractivity contribution is 0.145. The van der Waals surface area contributed by atoms with Crippen molar-refractivity contribution in [2.75, 3.05) is 23.7 Å². The average molecular weight is 253 g/mol. The molecule has 2 rings (SSSR count). The van der Waals surface area contributed by atoms with Gasteiger partial charge < -0.3 is 20.5 Å². The molecule has 0 radical (unpaired) electrons. The number of aromatic nitrogens is 3. The van der Waals surface area contributed by atoms with Gasteiger partial charge in [0.2, 0.25) is 11.9 Å². The van der Waals surface area contributed by atoms with Gasteiger partial charge in [-0.1, -0.05) is 0 Å². The number of hydrogen-bond donors (Lipinski definition) is 2. The van der Waals surface area contributed by atoms with Crippen LogP contribution in [0, 0.1) is 0 Å². The first-order valence-electron chi connectivity index (χ1n) is 6.16. The molecule has 1 aromatic rings. The van der Waals surface area contributed by atoms with E-state index in [1.165, 1.54) is 0 Å². The number of aliphatic hydroxyl groups is 1. The van der Waals surface area contributed by atoms with Gasteiger partial charge in [0.05, 0.1) is 12.2 Å². The third-order valence-corrected chi connectivity index (χ3v) is 2.71. The highest BCUT2D eigenvalue weighted by molar-refractivity contribution is 5.36. The van der Waals surface area contributed by atoms with Gasteiger partial charge >= 0.3 is 6.01 Å². The van der Waals surface area contributed by atoms with Crippen molar-refractivity contribution in [1.29, 1.82) is 0 Å². The van der Waals surface area contributed by atoms with Crippen LogP contribution in [0.25, 0.3) is 0 Å². The summed E-state index contributed by atoms with van der Waals surface area (Å²) in [4.78, 5) is 14.3. The predicted octanol–water partition coefficient (Wildman–Crippen LogP) is 0.202. The number of nitrogen functional groups attached to an aromatic ring is 1. The fraction of sp³-hybridized carbons (Fsp3) is 0.727. The number of ether oxygens (including phenoxy) is 1. The SMILES string of the molecule is CC(C)Oc1nc(N)nc(N2CCC(O)CC2)n1. The zero-order valence-electron chi connectivity index (χ0n) is 10.7. The Bertz CT molecular complexity index is 404. The van der Waals surface area contributed by atoms with Gasteiger partial charge in [-0.05, 0) is 26.7 Å². The van der Waals surface area contributed by atoms with E-state index in [1.54, 1.807) is 0 Å². The molecule has 0 bridgehead atoms. The van der Waals surface area contributed by atoms with Crippen molar-refractivity contribution in [1.82, 2.24) is 15.0 Å². The summed E-state index contributed by atoms with van der Waals surface area (Å²) in [7, 11) is 0. The third-order valence-electron chi connectivity index (χ3n) is 2.71. The van der Waals surface area contributed by atoms with Crippen LogP contribution >= 0.6 is 0 Å². The quantitative estimate of drug-likeness (QED) is 0.794. The van der Waals surface area contributed by atoms with Crippen LogP contribution in [0.3, 0.4) is 0 Å². The largest absolute Gasteiger partial charge is 0.461 e. The van der Waals surface area contributed by atoms with Crippen molar-refractivity contribution in [3.63, 3.8) is 0 Å². The second-order valence-electron chi connectivity index (χ2n) is 4.66. The fourth-order valence-electron chi connectivity index (χ4n) is 1.83. The molecule has 1 aliphatic heterocycles. The van der Waals surface area contributed by atoms with E-state index < -0.39 is 0 Å². The second kappa shape index (κ2) is 5.34. The summed E-state index contributed by atoms with van der Waals surface area (Å²) in [6.07, 6.45) is 1.19. The summed E-state index contributed by atoms with van der Waals surface area (Å²) < 4.78 is 5.43. The zero-order chi connectivity index (χ0) is 13.1. The molecule has 1 aliphatic rings. The molecule has 7 nitrogen and oxygen atoms in total. The number of rotatable bonds is 3. The second-order valence-corrected chi connectivity index (χ2v) is 4.66. The molecule has 0 aromatic carbocycles. The van der Waals surface area contributed by atoms with Crippen LogP contribution < -0.4 is 15.4 Å². The fourth-order valence-corrected chi connectivity index (χ4v) is 1.83. The number of hydrogen-bond acceptors (Lipinski definition) is 7. The Balaban J connectivity index is 2.14. The standard InChI is InChI=1S/C11H19N5O2/c1-7(2)18-11-14-9(12)13-10(15-11)16-5-3-8(17)4-6-16/h7-8,17H,3-6H2,1-2H3,(H2,12,13,14,15). The van der Waals surface area contributed by atoms with E-state index in [4.69, 9.17) is 10.5 Å². The maximum atomic E-state index is 9.47. The van der Waals surface area contributed by atoms with Crippen molar-refractivity contribution in [2.24, 2.45) is 0 Å². The van der Waals surface area contributed by atoms with E-state index in [0.29, 0.717) is 31.9 Å².